The Morgan fingerprint density at radius 2 is 1.69 bits per heavy atom. The summed E-state index contributed by atoms with van der Waals surface area (Å²) in [6, 6.07) is 4.38. The molecule has 1 rings (SSSR count). The topological polar surface area (TPSA) is 0 Å². The van der Waals surface area contributed by atoms with Crippen molar-refractivity contribution in [3.8, 4) is 0 Å². The van der Waals surface area contributed by atoms with Crippen LogP contribution < -0.4 is 0 Å². The molecule has 0 saturated carbocycles. The Bertz CT molecular complexity index is 378. The molecular weight excluding hydrogens is 227 g/mol. The molecule has 0 nitrogen and oxygen atoms in total. The number of alkyl halides is 5. The van der Waals surface area contributed by atoms with Gasteiger partial charge in [-0.1, -0.05) is 6.92 Å². The maximum absolute atomic E-state index is 13.0. The van der Waals surface area contributed by atoms with Crippen LogP contribution in [0, 0.1) is 13.0 Å². The number of hydrogen-bond donors (Lipinski definition) is 0. The minimum absolute atomic E-state index is 0.276. The zero-order valence-electron chi connectivity index (χ0n) is 8.75. The van der Waals surface area contributed by atoms with Crippen molar-refractivity contribution in [2.24, 2.45) is 0 Å². The fourth-order valence-corrected chi connectivity index (χ4v) is 1.32. The summed E-state index contributed by atoms with van der Waals surface area (Å²) in [5.74, 6) is -4.81. The summed E-state index contributed by atoms with van der Waals surface area (Å²) < 4.78 is 62.4. The smallest absolute Gasteiger partial charge is 0.191 e. The van der Waals surface area contributed by atoms with Crippen LogP contribution >= 0.6 is 0 Å². The van der Waals surface area contributed by atoms with Crippen molar-refractivity contribution in [2.45, 2.75) is 32.4 Å². The van der Waals surface area contributed by atoms with Crippen LogP contribution in [0.25, 0.3) is 0 Å². The largest absolute Gasteiger partial charge is 0.458 e. The highest BCUT2D eigenvalue weighted by molar-refractivity contribution is 5.31. The van der Waals surface area contributed by atoms with Gasteiger partial charge in [0.2, 0.25) is 0 Å². The van der Waals surface area contributed by atoms with Crippen LogP contribution in [0.5, 0.6) is 0 Å². The van der Waals surface area contributed by atoms with Gasteiger partial charge in [-0.05, 0) is 42.7 Å². The van der Waals surface area contributed by atoms with Gasteiger partial charge in [0.05, 0.1) is 0 Å². The van der Waals surface area contributed by atoms with E-state index in [1.165, 1.54) is 6.92 Å². The first kappa shape index (κ1) is 12.9. The minimum Gasteiger partial charge on any atom is -0.191 e. The summed E-state index contributed by atoms with van der Waals surface area (Å²) in [7, 11) is 0. The maximum atomic E-state index is 13.0. The van der Waals surface area contributed by atoms with Gasteiger partial charge in [0.1, 0.15) is 0 Å². The molecule has 0 heterocycles. The van der Waals surface area contributed by atoms with E-state index in [-0.39, 0.29) is 5.56 Å². The monoisotopic (exact) mass is 237 g/mol. The molecule has 0 aliphatic heterocycles. The molecule has 0 amide bonds. The third-order valence-corrected chi connectivity index (χ3v) is 2.16. The molecule has 0 N–H and O–H groups in total. The van der Waals surface area contributed by atoms with Gasteiger partial charge < -0.3 is 0 Å². The first-order chi connectivity index (χ1) is 7.18. The standard InChI is InChI=1S/C11H10F5/c1-3-8-4-7(2)5-9(6-8)10(12,13)11(14,15)16/h5-6H,3H2,1-2H3. The number of aryl methyl sites for hydroxylation is 2. The molecule has 0 bridgehead atoms. The summed E-state index contributed by atoms with van der Waals surface area (Å²) in [6.07, 6.45) is -5.20. The Morgan fingerprint density at radius 1 is 1.12 bits per heavy atom. The van der Waals surface area contributed by atoms with E-state index in [9.17, 15) is 22.0 Å². The van der Waals surface area contributed by atoms with Gasteiger partial charge in [0, 0.05) is 5.56 Å². The number of halogens is 5. The van der Waals surface area contributed by atoms with Gasteiger partial charge >= 0.3 is 12.1 Å². The fraction of sp³-hybridized carbons (Fsp3) is 0.455. The van der Waals surface area contributed by atoms with Crippen molar-refractivity contribution >= 4 is 0 Å². The van der Waals surface area contributed by atoms with E-state index < -0.39 is 17.7 Å². The summed E-state index contributed by atoms with van der Waals surface area (Å²) in [5, 5.41) is 0. The average Bonchev–Trinajstić information content (AvgIpc) is 2.15. The SMILES string of the molecule is CCc1[c]c(C)cc(C(F)(F)C(F)(F)F)c1. The van der Waals surface area contributed by atoms with Crippen LogP contribution in [0.1, 0.15) is 23.6 Å². The van der Waals surface area contributed by atoms with E-state index in [1.54, 1.807) is 6.92 Å². The van der Waals surface area contributed by atoms with Crippen molar-refractivity contribution in [2.75, 3.05) is 0 Å². The third kappa shape index (κ3) is 2.33. The normalized spacial score (nSPS) is 12.9. The summed E-state index contributed by atoms with van der Waals surface area (Å²) in [6.45, 7) is 3.11. The van der Waals surface area contributed by atoms with Gasteiger partial charge in [-0.15, -0.1) is 0 Å². The second-order valence-corrected chi connectivity index (χ2v) is 3.50. The van der Waals surface area contributed by atoms with Gasteiger partial charge in [0.15, 0.2) is 0 Å². The summed E-state index contributed by atoms with van der Waals surface area (Å²) in [4.78, 5) is 0. The van der Waals surface area contributed by atoms with Gasteiger partial charge in [0.25, 0.3) is 0 Å². The van der Waals surface area contributed by atoms with E-state index in [2.05, 4.69) is 6.07 Å². The van der Waals surface area contributed by atoms with Gasteiger partial charge in [-0.25, -0.2) is 0 Å². The van der Waals surface area contributed by atoms with Crippen LogP contribution in [0.4, 0.5) is 22.0 Å². The highest BCUT2D eigenvalue weighted by Crippen LogP contribution is 2.44. The molecule has 0 fully saturated rings. The molecule has 0 unspecified atom stereocenters. The van der Waals surface area contributed by atoms with Crippen LogP contribution in [-0.4, -0.2) is 6.18 Å². The van der Waals surface area contributed by atoms with E-state index >= 15 is 0 Å². The lowest BCUT2D eigenvalue weighted by molar-refractivity contribution is -0.289. The second-order valence-electron chi connectivity index (χ2n) is 3.50. The Kier molecular flexibility index (Phi) is 3.26. The molecule has 1 aromatic rings. The number of benzene rings is 1. The Hall–Kier alpha value is -1.13. The Labute approximate surface area is 90.1 Å². The zero-order chi connectivity index (χ0) is 12.6. The Balaban J connectivity index is 3.27. The lowest BCUT2D eigenvalue weighted by atomic mass is 10.0. The van der Waals surface area contributed by atoms with Crippen molar-refractivity contribution in [1.29, 1.82) is 0 Å². The van der Waals surface area contributed by atoms with Crippen molar-refractivity contribution < 1.29 is 22.0 Å². The molecule has 0 saturated heterocycles. The minimum atomic E-state index is -5.56. The fourth-order valence-electron chi connectivity index (χ4n) is 1.32. The molecule has 5 heteroatoms. The zero-order valence-corrected chi connectivity index (χ0v) is 8.75. The van der Waals surface area contributed by atoms with Crippen LogP contribution in [0.2, 0.25) is 0 Å². The Morgan fingerprint density at radius 3 is 2.12 bits per heavy atom. The third-order valence-electron chi connectivity index (χ3n) is 2.16. The number of hydrogen-bond acceptors (Lipinski definition) is 0. The molecule has 1 radical (unpaired) electrons. The molecule has 16 heavy (non-hydrogen) atoms. The van der Waals surface area contributed by atoms with Crippen LogP contribution in [0.3, 0.4) is 0 Å². The van der Waals surface area contributed by atoms with Gasteiger partial charge in [-0.3, -0.25) is 0 Å². The predicted octanol–water partition coefficient (Wildman–Crippen LogP) is 4.01. The molecule has 0 aromatic heterocycles. The van der Waals surface area contributed by atoms with E-state index in [0.717, 1.165) is 12.1 Å². The van der Waals surface area contributed by atoms with Crippen molar-refractivity contribution in [3.63, 3.8) is 0 Å². The average molecular weight is 237 g/mol. The second kappa shape index (κ2) is 4.03. The first-order valence-corrected chi connectivity index (χ1v) is 4.66. The summed E-state index contributed by atoms with van der Waals surface area (Å²) in [5.41, 5.74) is -0.398. The van der Waals surface area contributed by atoms with Crippen molar-refractivity contribution in [1.82, 2.24) is 0 Å². The molecule has 0 spiro atoms. The van der Waals surface area contributed by atoms with E-state index in [1.807, 2.05) is 0 Å². The molecule has 0 aliphatic carbocycles. The molecule has 1 aromatic carbocycles. The highest BCUT2D eigenvalue weighted by atomic mass is 19.4. The summed E-state index contributed by atoms with van der Waals surface area (Å²) >= 11 is 0. The lowest BCUT2D eigenvalue weighted by Crippen LogP contribution is -2.33. The van der Waals surface area contributed by atoms with Crippen LogP contribution in [-0.2, 0) is 12.3 Å². The van der Waals surface area contributed by atoms with Crippen LogP contribution in [0.15, 0.2) is 12.1 Å². The number of rotatable bonds is 2. The lowest BCUT2D eigenvalue weighted by Gasteiger charge is -2.20. The molecular formula is C11H10F5. The predicted molar refractivity (Wildman–Crippen MR) is 49.3 cm³/mol. The van der Waals surface area contributed by atoms with E-state index in [0.29, 0.717) is 12.0 Å². The van der Waals surface area contributed by atoms with Crippen molar-refractivity contribution in [3.05, 3.63) is 34.9 Å². The van der Waals surface area contributed by atoms with Gasteiger partial charge in [-0.2, -0.15) is 22.0 Å². The van der Waals surface area contributed by atoms with E-state index in [4.69, 9.17) is 0 Å². The highest BCUT2D eigenvalue weighted by Gasteiger charge is 2.58. The molecule has 0 aliphatic rings. The molecule has 89 valence electrons. The maximum Gasteiger partial charge on any atom is 0.458 e. The quantitative estimate of drug-likeness (QED) is 0.682. The first-order valence-electron chi connectivity index (χ1n) is 4.66. The molecule has 0 atom stereocenters.